The van der Waals surface area contributed by atoms with Crippen molar-refractivity contribution in [1.82, 2.24) is 0 Å². The third-order valence-electron chi connectivity index (χ3n) is 5.18. The molecule has 2 N–H and O–H groups in total. The van der Waals surface area contributed by atoms with E-state index in [1.165, 1.54) is 12.5 Å². The Balaban J connectivity index is 1.95. The van der Waals surface area contributed by atoms with Crippen molar-refractivity contribution in [1.29, 1.82) is 0 Å². The van der Waals surface area contributed by atoms with Crippen LogP contribution in [0.15, 0.2) is 36.4 Å². The number of rotatable bonds is 7. The second kappa shape index (κ2) is 7.73. The number of nitrogens with one attached hydrogen (secondary N) is 1. The molecule has 0 aromatic heterocycles. The molecule has 1 atom stereocenters. The summed E-state index contributed by atoms with van der Waals surface area (Å²) in [6.45, 7) is 5.09. The Morgan fingerprint density at radius 1 is 0.962 bits per heavy atom. The van der Waals surface area contributed by atoms with Crippen LogP contribution in [0.5, 0.6) is 5.75 Å². The molecule has 4 nitrogen and oxygen atoms in total. The average Bonchev–Trinajstić information content (AvgIpc) is 2.67. The molecule has 2 aromatic carbocycles. The van der Waals surface area contributed by atoms with Crippen molar-refractivity contribution in [3.05, 3.63) is 58.7 Å². The van der Waals surface area contributed by atoms with Gasteiger partial charge in [-0.25, -0.2) is 0 Å². The molecule has 2 aromatic rings. The molecule has 0 unspecified atom stereocenters. The van der Waals surface area contributed by atoms with Crippen molar-refractivity contribution in [3.63, 3.8) is 0 Å². The van der Waals surface area contributed by atoms with Crippen LogP contribution >= 0.6 is 0 Å². The molecule has 0 amide bonds. The number of carbonyl (C=O) groups excluding carboxylic acids is 2. The topological polar surface area (TPSA) is 66.4 Å². The molecule has 0 saturated heterocycles. The van der Waals surface area contributed by atoms with Gasteiger partial charge in [-0.2, -0.15) is 0 Å². The lowest BCUT2D eigenvalue weighted by atomic mass is 9.82. The van der Waals surface area contributed by atoms with Gasteiger partial charge in [-0.1, -0.05) is 57.4 Å². The van der Waals surface area contributed by atoms with Crippen LogP contribution in [-0.4, -0.2) is 23.2 Å². The first kappa shape index (κ1) is 18.2. The van der Waals surface area contributed by atoms with E-state index in [9.17, 15) is 14.7 Å². The number of unbranched alkanes of at least 4 members (excludes halogenated alkanes) is 1. The molecule has 0 aliphatic heterocycles. The normalized spacial score (nSPS) is 13.9. The molecule has 0 heterocycles. The van der Waals surface area contributed by atoms with Crippen LogP contribution in [0, 0.1) is 5.92 Å². The van der Waals surface area contributed by atoms with Gasteiger partial charge < -0.3 is 10.4 Å². The number of anilines is 1. The lowest BCUT2D eigenvalue weighted by Gasteiger charge is -2.23. The predicted molar refractivity (Wildman–Crippen MR) is 103 cm³/mol. The first-order valence-electron chi connectivity index (χ1n) is 9.36. The third kappa shape index (κ3) is 3.24. The van der Waals surface area contributed by atoms with Crippen LogP contribution < -0.4 is 5.32 Å². The monoisotopic (exact) mass is 351 g/mol. The van der Waals surface area contributed by atoms with Gasteiger partial charge in [-0.3, -0.25) is 9.59 Å². The first-order valence-corrected chi connectivity index (χ1v) is 9.36. The molecule has 0 radical (unpaired) electrons. The molecule has 26 heavy (non-hydrogen) atoms. The van der Waals surface area contributed by atoms with E-state index in [0.717, 1.165) is 25.8 Å². The molecular weight excluding hydrogens is 326 g/mol. The van der Waals surface area contributed by atoms with Crippen molar-refractivity contribution in [2.24, 2.45) is 5.92 Å². The van der Waals surface area contributed by atoms with Gasteiger partial charge in [0.25, 0.3) is 0 Å². The minimum Gasteiger partial charge on any atom is -0.507 e. The zero-order valence-electron chi connectivity index (χ0n) is 15.3. The molecule has 136 valence electrons. The maximum absolute atomic E-state index is 13.0. The third-order valence-corrected chi connectivity index (χ3v) is 5.18. The highest BCUT2D eigenvalue weighted by Crippen LogP contribution is 2.37. The van der Waals surface area contributed by atoms with Crippen molar-refractivity contribution in [2.45, 2.75) is 39.5 Å². The van der Waals surface area contributed by atoms with Crippen LogP contribution in [0.3, 0.4) is 0 Å². The number of fused-ring (bicyclic) bond motifs is 2. The van der Waals surface area contributed by atoms with Crippen LogP contribution in [-0.2, 0) is 0 Å². The van der Waals surface area contributed by atoms with E-state index >= 15 is 0 Å². The Kier molecular flexibility index (Phi) is 5.40. The molecule has 1 aliphatic rings. The quantitative estimate of drug-likeness (QED) is 0.600. The van der Waals surface area contributed by atoms with Crippen molar-refractivity contribution in [2.75, 3.05) is 11.9 Å². The van der Waals surface area contributed by atoms with E-state index < -0.39 is 0 Å². The number of aromatic hydroxyl groups is 1. The van der Waals surface area contributed by atoms with Gasteiger partial charge in [0, 0.05) is 23.4 Å². The number of benzene rings is 2. The van der Waals surface area contributed by atoms with E-state index in [4.69, 9.17) is 0 Å². The second-order valence-electron chi connectivity index (χ2n) is 6.88. The zero-order chi connectivity index (χ0) is 18.7. The summed E-state index contributed by atoms with van der Waals surface area (Å²) >= 11 is 0. The summed E-state index contributed by atoms with van der Waals surface area (Å²) in [5, 5.41) is 13.6. The van der Waals surface area contributed by atoms with Gasteiger partial charge in [0.2, 0.25) is 0 Å². The number of phenols is 1. The number of ketones is 2. The van der Waals surface area contributed by atoms with Gasteiger partial charge in [0.05, 0.1) is 11.1 Å². The number of hydrogen-bond donors (Lipinski definition) is 2. The minimum absolute atomic E-state index is 0.111. The van der Waals surface area contributed by atoms with E-state index in [1.807, 2.05) is 0 Å². The second-order valence-corrected chi connectivity index (χ2v) is 6.88. The summed E-state index contributed by atoms with van der Waals surface area (Å²) in [4.78, 5) is 25.8. The summed E-state index contributed by atoms with van der Waals surface area (Å²) in [6.07, 6.45) is 4.53. The van der Waals surface area contributed by atoms with Gasteiger partial charge in [0.1, 0.15) is 5.75 Å². The fourth-order valence-corrected chi connectivity index (χ4v) is 3.55. The number of carbonyl (C=O) groups is 2. The largest absolute Gasteiger partial charge is 0.507 e. The Morgan fingerprint density at radius 2 is 1.62 bits per heavy atom. The number of phenolic OH excluding ortho intramolecular Hbond substituents is 1. The molecule has 1 aliphatic carbocycles. The summed E-state index contributed by atoms with van der Waals surface area (Å²) in [6, 6.07) is 9.97. The SMILES string of the molecule is CCCC[C@@H](CC)CNc1ccc(O)c2c1C(=O)c1ccccc1C2=O. The Hall–Kier alpha value is -2.62. The van der Waals surface area contributed by atoms with Crippen molar-refractivity contribution in [3.8, 4) is 5.75 Å². The fraction of sp³-hybridized carbons (Fsp3) is 0.364. The van der Waals surface area contributed by atoms with Gasteiger partial charge in [-0.05, 0) is 24.5 Å². The minimum atomic E-state index is -0.297. The highest BCUT2D eigenvalue weighted by atomic mass is 16.3. The summed E-state index contributed by atoms with van der Waals surface area (Å²) in [5.41, 5.74) is 1.78. The Morgan fingerprint density at radius 3 is 2.23 bits per heavy atom. The van der Waals surface area contributed by atoms with E-state index in [1.54, 1.807) is 30.3 Å². The molecule has 3 rings (SSSR count). The smallest absolute Gasteiger partial charge is 0.198 e. The van der Waals surface area contributed by atoms with Gasteiger partial charge in [-0.15, -0.1) is 0 Å². The summed E-state index contributed by atoms with van der Waals surface area (Å²) in [5.74, 6) is -0.137. The Bertz CT molecular complexity index is 841. The zero-order valence-corrected chi connectivity index (χ0v) is 15.3. The summed E-state index contributed by atoms with van der Waals surface area (Å²) < 4.78 is 0. The average molecular weight is 351 g/mol. The maximum atomic E-state index is 13.0. The standard InChI is InChI=1S/C22H25NO3/c1-3-5-8-14(4-2)13-23-17-11-12-18(24)20-19(17)21(25)15-9-6-7-10-16(15)22(20)26/h6-7,9-12,14,23-24H,3-5,8,13H2,1-2H3/t14-/m1/s1. The maximum Gasteiger partial charge on any atom is 0.198 e. The highest BCUT2D eigenvalue weighted by molar-refractivity contribution is 6.31. The van der Waals surface area contributed by atoms with E-state index in [2.05, 4.69) is 19.2 Å². The Labute approximate surface area is 154 Å². The van der Waals surface area contributed by atoms with Gasteiger partial charge in [0.15, 0.2) is 11.6 Å². The molecular formula is C22H25NO3. The van der Waals surface area contributed by atoms with Gasteiger partial charge >= 0.3 is 0 Å². The van der Waals surface area contributed by atoms with Crippen LogP contribution in [0.4, 0.5) is 5.69 Å². The number of hydrogen-bond acceptors (Lipinski definition) is 4. The molecule has 0 saturated carbocycles. The van der Waals surface area contributed by atoms with Crippen LogP contribution in [0.1, 0.15) is 71.4 Å². The summed E-state index contributed by atoms with van der Waals surface area (Å²) in [7, 11) is 0. The van der Waals surface area contributed by atoms with Crippen molar-refractivity contribution < 1.29 is 14.7 Å². The van der Waals surface area contributed by atoms with Crippen LogP contribution in [0.25, 0.3) is 0 Å². The first-order chi connectivity index (χ1) is 12.6. The molecule has 0 fully saturated rings. The predicted octanol–water partition coefficient (Wildman–Crippen LogP) is 4.80. The molecule has 4 heteroatoms. The highest BCUT2D eigenvalue weighted by Gasteiger charge is 2.33. The van der Waals surface area contributed by atoms with E-state index in [-0.39, 0.29) is 22.9 Å². The van der Waals surface area contributed by atoms with E-state index in [0.29, 0.717) is 28.3 Å². The lowest BCUT2D eigenvalue weighted by molar-refractivity contribution is 0.0977. The molecule has 0 bridgehead atoms. The lowest BCUT2D eigenvalue weighted by Crippen LogP contribution is -2.24. The fourth-order valence-electron chi connectivity index (χ4n) is 3.55. The van der Waals surface area contributed by atoms with Crippen molar-refractivity contribution >= 4 is 17.3 Å². The molecule has 0 spiro atoms. The van der Waals surface area contributed by atoms with Crippen LogP contribution in [0.2, 0.25) is 0 Å².